The summed E-state index contributed by atoms with van der Waals surface area (Å²) in [5.41, 5.74) is 1.44. The van der Waals surface area contributed by atoms with Crippen LogP contribution >= 0.6 is 0 Å². The highest BCUT2D eigenvalue weighted by molar-refractivity contribution is 5.84. The van der Waals surface area contributed by atoms with Crippen LogP contribution in [0.25, 0.3) is 22.2 Å². The molecule has 1 saturated carbocycles. The van der Waals surface area contributed by atoms with Crippen molar-refractivity contribution < 1.29 is 13.6 Å². The van der Waals surface area contributed by atoms with Crippen molar-refractivity contribution in [2.75, 3.05) is 36.4 Å². The van der Waals surface area contributed by atoms with Gasteiger partial charge in [0.1, 0.15) is 22.8 Å². The largest absolute Gasteiger partial charge is 0.367 e. The summed E-state index contributed by atoms with van der Waals surface area (Å²) in [5, 5.41) is 3.54. The number of halogens is 2. The van der Waals surface area contributed by atoms with Gasteiger partial charge in [-0.1, -0.05) is 6.07 Å². The summed E-state index contributed by atoms with van der Waals surface area (Å²) in [6.45, 7) is 2.95. The summed E-state index contributed by atoms with van der Waals surface area (Å²) in [7, 11) is 0. The fourth-order valence-corrected chi connectivity index (χ4v) is 4.45. The lowest BCUT2D eigenvalue weighted by atomic mass is 10.1. The minimum Gasteiger partial charge on any atom is -0.367 e. The molecule has 0 atom stereocenters. The molecule has 4 heterocycles. The summed E-state index contributed by atoms with van der Waals surface area (Å²) in [6.07, 6.45) is 6.34. The minimum absolute atomic E-state index is 0.0209. The number of carbonyl (C=O) groups is 1. The third-order valence-electron chi connectivity index (χ3n) is 6.55. The number of fused-ring (bicyclic) bond motifs is 1. The highest BCUT2D eigenvalue weighted by Gasteiger charge is 2.34. The van der Waals surface area contributed by atoms with Crippen molar-refractivity contribution in [1.82, 2.24) is 24.8 Å². The number of nitrogens with one attached hydrogen (secondary N) is 1. The fraction of sp³-hybridized carbons (Fsp3) is 0.269. The Balaban J connectivity index is 1.16. The lowest BCUT2D eigenvalue weighted by Crippen LogP contribution is -2.49. The van der Waals surface area contributed by atoms with Gasteiger partial charge in [0.25, 0.3) is 0 Å². The number of aromatic nitrogens is 4. The van der Waals surface area contributed by atoms with Crippen LogP contribution in [0.4, 0.5) is 26.2 Å². The number of anilines is 3. The van der Waals surface area contributed by atoms with Gasteiger partial charge >= 0.3 is 0 Å². The Kier molecular flexibility index (Phi) is 5.63. The number of carbonyl (C=O) groups excluding carboxylic acids is 1. The first kappa shape index (κ1) is 22.3. The van der Waals surface area contributed by atoms with Crippen molar-refractivity contribution in [3.8, 4) is 11.3 Å². The third-order valence-corrected chi connectivity index (χ3v) is 6.55. The lowest BCUT2D eigenvalue weighted by Gasteiger charge is -2.36. The third kappa shape index (κ3) is 4.41. The topological polar surface area (TPSA) is 87.1 Å². The van der Waals surface area contributed by atoms with Crippen molar-refractivity contribution in [3.05, 3.63) is 66.6 Å². The van der Waals surface area contributed by atoms with Crippen molar-refractivity contribution in [2.45, 2.75) is 12.8 Å². The Hall–Kier alpha value is -4.21. The summed E-state index contributed by atoms with van der Waals surface area (Å²) in [6, 6.07) is 10.00. The quantitative estimate of drug-likeness (QED) is 0.452. The first-order valence-corrected chi connectivity index (χ1v) is 11.9. The van der Waals surface area contributed by atoms with Gasteiger partial charge in [0, 0.05) is 49.2 Å². The Bertz CT molecular complexity index is 1430. The van der Waals surface area contributed by atoms with Crippen LogP contribution in [0, 0.1) is 17.6 Å². The van der Waals surface area contributed by atoms with Crippen LogP contribution in [-0.2, 0) is 4.79 Å². The smallest absolute Gasteiger partial charge is 0.229 e. The molecule has 6 rings (SSSR count). The second kappa shape index (κ2) is 9.10. The molecule has 0 unspecified atom stereocenters. The van der Waals surface area contributed by atoms with Gasteiger partial charge in [-0.15, -0.1) is 0 Å². The van der Waals surface area contributed by atoms with Crippen LogP contribution in [-0.4, -0.2) is 56.9 Å². The molecule has 1 amide bonds. The monoisotopic (exact) mass is 487 g/mol. The fourth-order valence-electron chi connectivity index (χ4n) is 4.45. The number of amides is 1. The summed E-state index contributed by atoms with van der Waals surface area (Å²) < 4.78 is 29.1. The molecule has 0 bridgehead atoms. The van der Waals surface area contributed by atoms with E-state index in [1.165, 1.54) is 12.3 Å². The van der Waals surface area contributed by atoms with Gasteiger partial charge in [0.15, 0.2) is 5.82 Å². The van der Waals surface area contributed by atoms with E-state index >= 15 is 0 Å². The molecule has 2 fully saturated rings. The highest BCUT2D eigenvalue weighted by Crippen LogP contribution is 2.32. The van der Waals surface area contributed by atoms with E-state index in [1.54, 1.807) is 30.5 Å². The van der Waals surface area contributed by atoms with Crippen LogP contribution in [0.1, 0.15) is 12.8 Å². The Morgan fingerprint density at radius 2 is 1.78 bits per heavy atom. The van der Waals surface area contributed by atoms with Gasteiger partial charge in [-0.25, -0.2) is 23.7 Å². The van der Waals surface area contributed by atoms with E-state index in [4.69, 9.17) is 0 Å². The zero-order valence-electron chi connectivity index (χ0n) is 19.4. The SMILES string of the molecule is O=C(C1CC1)N1CCN(c2ccc(Nc3ncc(F)c(-c4cc(F)c5ncccc5c4)n3)nc2)CC1. The maximum atomic E-state index is 14.6. The number of hydrogen-bond acceptors (Lipinski definition) is 7. The van der Waals surface area contributed by atoms with E-state index in [2.05, 4.69) is 30.2 Å². The molecule has 1 saturated heterocycles. The molecule has 10 heteroatoms. The molecule has 1 aromatic carbocycles. The average molecular weight is 488 g/mol. The first-order chi connectivity index (χ1) is 17.5. The van der Waals surface area contributed by atoms with E-state index in [1.807, 2.05) is 11.0 Å². The van der Waals surface area contributed by atoms with E-state index < -0.39 is 11.6 Å². The first-order valence-electron chi connectivity index (χ1n) is 11.9. The predicted octanol–water partition coefficient (Wildman–Crippen LogP) is 4.17. The molecule has 0 spiro atoms. The molecular formula is C26H23F2N7O. The van der Waals surface area contributed by atoms with Gasteiger partial charge < -0.3 is 15.1 Å². The van der Waals surface area contributed by atoms with Gasteiger partial charge in [-0.3, -0.25) is 9.78 Å². The van der Waals surface area contributed by atoms with Gasteiger partial charge in [0.05, 0.1) is 18.1 Å². The second-order valence-electron chi connectivity index (χ2n) is 9.04. The van der Waals surface area contributed by atoms with Crippen molar-refractivity contribution in [2.24, 2.45) is 5.92 Å². The van der Waals surface area contributed by atoms with Gasteiger partial charge in [-0.2, -0.15) is 0 Å². The predicted molar refractivity (Wildman–Crippen MR) is 132 cm³/mol. The van der Waals surface area contributed by atoms with E-state index in [9.17, 15) is 13.6 Å². The Morgan fingerprint density at radius 3 is 2.53 bits per heavy atom. The maximum Gasteiger partial charge on any atom is 0.229 e. The molecule has 8 nitrogen and oxygen atoms in total. The molecule has 1 aliphatic carbocycles. The summed E-state index contributed by atoms with van der Waals surface area (Å²) in [4.78, 5) is 33.2. The Labute approximate surface area is 206 Å². The van der Waals surface area contributed by atoms with Crippen molar-refractivity contribution >= 4 is 34.3 Å². The molecule has 1 N–H and O–H groups in total. The van der Waals surface area contributed by atoms with Crippen molar-refractivity contribution in [1.29, 1.82) is 0 Å². The van der Waals surface area contributed by atoms with Gasteiger partial charge in [-0.05, 0) is 43.2 Å². The number of piperazine rings is 1. The number of nitrogens with zero attached hydrogens (tertiary/aromatic N) is 6. The minimum atomic E-state index is -0.661. The number of benzene rings is 1. The molecule has 0 radical (unpaired) electrons. The van der Waals surface area contributed by atoms with Crippen LogP contribution < -0.4 is 10.2 Å². The maximum absolute atomic E-state index is 14.6. The molecule has 4 aromatic rings. The zero-order chi connectivity index (χ0) is 24.6. The number of rotatable bonds is 5. The van der Waals surface area contributed by atoms with E-state index in [-0.39, 0.29) is 29.0 Å². The molecule has 36 heavy (non-hydrogen) atoms. The van der Waals surface area contributed by atoms with E-state index in [0.29, 0.717) is 29.9 Å². The van der Waals surface area contributed by atoms with Crippen LogP contribution in [0.2, 0.25) is 0 Å². The van der Waals surface area contributed by atoms with Gasteiger partial charge in [0.2, 0.25) is 11.9 Å². The highest BCUT2D eigenvalue weighted by atomic mass is 19.1. The Morgan fingerprint density at radius 1 is 0.944 bits per heavy atom. The molecule has 2 aliphatic rings. The zero-order valence-corrected chi connectivity index (χ0v) is 19.4. The molecule has 1 aliphatic heterocycles. The normalized spacial score (nSPS) is 15.8. The van der Waals surface area contributed by atoms with Crippen LogP contribution in [0.5, 0.6) is 0 Å². The lowest BCUT2D eigenvalue weighted by molar-refractivity contribution is -0.132. The molecular weight excluding hydrogens is 464 g/mol. The number of pyridine rings is 2. The average Bonchev–Trinajstić information content (AvgIpc) is 3.76. The van der Waals surface area contributed by atoms with Crippen molar-refractivity contribution in [3.63, 3.8) is 0 Å². The van der Waals surface area contributed by atoms with Crippen LogP contribution in [0.15, 0.2) is 55.0 Å². The summed E-state index contributed by atoms with van der Waals surface area (Å²) in [5.74, 6) is -0.0427. The van der Waals surface area contributed by atoms with Crippen LogP contribution in [0.3, 0.4) is 0 Å². The molecule has 182 valence electrons. The second-order valence-corrected chi connectivity index (χ2v) is 9.04. The summed E-state index contributed by atoms with van der Waals surface area (Å²) >= 11 is 0. The number of hydrogen-bond donors (Lipinski definition) is 1. The molecule has 3 aromatic heterocycles. The van der Waals surface area contributed by atoms with E-state index in [0.717, 1.165) is 37.8 Å². The standard InChI is InChI=1S/C26H23F2N7O/c27-20-13-18(12-17-2-1-7-29-23(17)20)24-21(28)15-31-26(33-24)32-22-6-5-19(14-30-22)34-8-10-35(11-9-34)25(36)16-3-4-16/h1-2,5-7,12-16H,3-4,8-11H2,(H,30,31,32,33).